The van der Waals surface area contributed by atoms with Gasteiger partial charge in [0.15, 0.2) is 17.7 Å². The minimum Gasteiger partial charge on any atom is -0.474 e. The number of ether oxygens (including phenoxy) is 2. The van der Waals surface area contributed by atoms with Gasteiger partial charge >= 0.3 is 13.6 Å². The lowest BCUT2D eigenvalue weighted by molar-refractivity contribution is -0.0487. The Morgan fingerprint density at radius 2 is 1.88 bits per heavy atom. The van der Waals surface area contributed by atoms with Gasteiger partial charge in [0.05, 0.1) is 25.6 Å². The average molecular weight is 666 g/mol. The third-order valence-electron chi connectivity index (χ3n) is 7.24. The van der Waals surface area contributed by atoms with Crippen LogP contribution < -0.4 is 10.3 Å². The van der Waals surface area contributed by atoms with E-state index in [0.717, 1.165) is 15.3 Å². The fraction of sp³-hybridized carbons (Fsp3) is 0.545. The highest BCUT2D eigenvalue weighted by molar-refractivity contribution is 8.44. The van der Waals surface area contributed by atoms with Gasteiger partial charge in [-0.3, -0.25) is 18.4 Å². The number of aliphatic hydroxyl groups excluding tert-OH is 1. The minimum atomic E-state index is -4.22. The van der Waals surface area contributed by atoms with Crippen molar-refractivity contribution < 1.29 is 46.2 Å². The maximum absolute atomic E-state index is 14.9. The van der Waals surface area contributed by atoms with E-state index in [4.69, 9.17) is 27.6 Å². The van der Waals surface area contributed by atoms with Gasteiger partial charge in [-0.25, -0.2) is 28.5 Å². The maximum Gasteiger partial charge on any atom is 0.386 e. The molecule has 1 N–H and O–H groups in total. The fourth-order valence-corrected chi connectivity index (χ4v) is 8.33. The molecule has 3 aliphatic rings. The quantitative estimate of drug-likeness (QED) is 0.275. The molecule has 0 spiro atoms. The van der Waals surface area contributed by atoms with Gasteiger partial charge in [0, 0.05) is 37.8 Å². The van der Waals surface area contributed by atoms with Crippen molar-refractivity contribution in [1.82, 2.24) is 24.1 Å². The molecule has 3 aromatic rings. The van der Waals surface area contributed by atoms with Crippen LogP contribution in [0.15, 0.2) is 35.9 Å². The molecule has 0 amide bonds. The third-order valence-corrected chi connectivity index (χ3v) is 10.5. The number of aliphatic hydroxyl groups is 1. The number of fused-ring (bicyclic) bond motifs is 4. The first kappa shape index (κ1) is 30.2. The number of halogens is 1. The predicted molar refractivity (Wildman–Crippen MR) is 149 cm³/mol. The van der Waals surface area contributed by atoms with Gasteiger partial charge in [0.25, 0.3) is 5.56 Å². The van der Waals surface area contributed by atoms with Crippen molar-refractivity contribution in [3.8, 4) is 5.88 Å². The van der Waals surface area contributed by atoms with Crippen LogP contribution in [0.4, 0.5) is 4.39 Å². The Labute approximate surface area is 248 Å². The second-order valence-corrected chi connectivity index (χ2v) is 15.8. The molecule has 228 valence electrons. The number of hydrogen-bond acceptors (Lipinski definition) is 13. The van der Waals surface area contributed by atoms with Gasteiger partial charge in [-0.1, -0.05) is 24.5 Å². The molecule has 2 bridgehead atoms. The van der Waals surface area contributed by atoms with Crippen LogP contribution in [0.5, 0.6) is 5.88 Å². The molecule has 3 aromatic heterocycles. The van der Waals surface area contributed by atoms with Crippen LogP contribution in [-0.4, -0.2) is 72.9 Å². The molecule has 5 heterocycles. The van der Waals surface area contributed by atoms with Crippen molar-refractivity contribution in [2.45, 2.75) is 49.6 Å². The number of rotatable bonds is 3. The lowest BCUT2D eigenvalue weighted by Crippen LogP contribution is -2.35. The predicted octanol–water partition coefficient (Wildman–Crippen LogP) is 2.67. The smallest absolute Gasteiger partial charge is 0.386 e. The van der Waals surface area contributed by atoms with Crippen LogP contribution in [0.25, 0.3) is 11.0 Å². The van der Waals surface area contributed by atoms with E-state index in [-0.39, 0.29) is 24.1 Å². The standard InChI is InChI=1S/C22H26FN5O10P2S2/c1-27-10-26-20-17(21(27)30)13(23)6-28(20)22-19-18(29)15(36-22)8-34-39(31,41)37-14-5-12(35-16-2-3-24-9-25-16)4-11(14)7-33-40(32,42)38-19/h2-3,6,9-12,14-15,18-19,22,29H,4-5,7-8H2,1H3,(H,31,41)(H,32,42)/t11?,12-,14+,15-,18-,19-,22-,39?,40?/m1/s1. The molecule has 15 nitrogen and oxygen atoms in total. The van der Waals surface area contributed by atoms with Gasteiger partial charge in [-0.05, 0) is 6.42 Å². The van der Waals surface area contributed by atoms with Crippen molar-refractivity contribution in [3.05, 3.63) is 47.3 Å². The van der Waals surface area contributed by atoms with Crippen molar-refractivity contribution in [2.75, 3.05) is 13.2 Å². The molecule has 2 saturated heterocycles. The number of nitrogens with zero attached hydrogens (tertiary/aromatic N) is 5. The largest absolute Gasteiger partial charge is 0.474 e. The molecule has 3 unspecified atom stereocenters. The first-order chi connectivity index (χ1) is 19.9. The molecule has 0 radical (unpaired) electrons. The summed E-state index contributed by atoms with van der Waals surface area (Å²) >= 11 is 8.22. The lowest BCUT2D eigenvalue weighted by Gasteiger charge is -2.26. The van der Waals surface area contributed by atoms with Crippen LogP contribution in [0, 0.1) is 11.7 Å². The highest BCUT2D eigenvalue weighted by atomic mass is 32.7. The molecule has 2 aliphatic heterocycles. The van der Waals surface area contributed by atoms with Crippen molar-refractivity contribution in [2.24, 2.45) is 13.0 Å². The van der Waals surface area contributed by atoms with Gasteiger partial charge < -0.3 is 28.2 Å². The summed E-state index contributed by atoms with van der Waals surface area (Å²) in [4.78, 5) is 24.6. The second-order valence-electron chi connectivity index (χ2n) is 10.1. The van der Waals surface area contributed by atoms with Crippen LogP contribution >= 0.6 is 38.1 Å². The molecule has 9 atom stereocenters. The van der Waals surface area contributed by atoms with Gasteiger partial charge in [0.2, 0.25) is 5.88 Å². The summed E-state index contributed by atoms with van der Waals surface area (Å²) in [6.45, 7) is -8.98. The van der Waals surface area contributed by atoms with E-state index < -0.39 is 74.2 Å². The Bertz CT molecular complexity index is 1630. The number of aryl methyl sites for hydroxylation is 1. The Morgan fingerprint density at radius 1 is 1.12 bits per heavy atom. The van der Waals surface area contributed by atoms with E-state index in [0.29, 0.717) is 12.3 Å². The molecule has 6 rings (SSSR count). The monoisotopic (exact) mass is 665 g/mol. The van der Waals surface area contributed by atoms with Crippen LogP contribution in [0.1, 0.15) is 19.1 Å². The summed E-state index contributed by atoms with van der Waals surface area (Å²) in [5.74, 6) is -1.06. The van der Waals surface area contributed by atoms with E-state index in [9.17, 15) is 23.4 Å². The highest BCUT2D eigenvalue weighted by Gasteiger charge is 2.51. The van der Waals surface area contributed by atoms with E-state index in [2.05, 4.69) is 39.4 Å². The fourth-order valence-electron chi connectivity index (χ4n) is 5.27. The van der Waals surface area contributed by atoms with Crippen LogP contribution in [0.2, 0.25) is 0 Å². The van der Waals surface area contributed by atoms with Crippen LogP contribution in [-0.2, 0) is 39.0 Å². The Kier molecular flexibility index (Phi) is 8.32. The van der Waals surface area contributed by atoms with E-state index in [1.165, 1.54) is 25.9 Å². The normalized spacial score (nSPS) is 37.5. The lowest BCUT2D eigenvalue weighted by atomic mass is 10.1. The van der Waals surface area contributed by atoms with Crippen molar-refractivity contribution in [1.29, 1.82) is 0 Å². The Hall–Kier alpha value is -1.85. The molecule has 3 fully saturated rings. The topological polar surface area (TPSA) is 175 Å². The zero-order valence-corrected chi connectivity index (χ0v) is 25.4. The summed E-state index contributed by atoms with van der Waals surface area (Å²) in [6, 6.07) is 1.58. The highest BCUT2D eigenvalue weighted by Crippen LogP contribution is 2.60. The number of thiol groups is 2. The van der Waals surface area contributed by atoms with Crippen molar-refractivity contribution in [3.63, 3.8) is 0 Å². The number of hydrogen-bond donors (Lipinski definition) is 3. The zero-order chi connectivity index (χ0) is 29.8. The SMILES string of the molecule is Cn1cnc2c(c(F)cn2[C@@H]2O[C@@H]3COP(=O)(S)O[C@H]4C[C@H](Oc5ccncn5)CC4COP(=O)(S)O[C@@H]2[C@@H]3O)c1=O. The summed E-state index contributed by atoms with van der Waals surface area (Å²) in [5, 5.41) is 10.8. The first-order valence-corrected chi connectivity index (χ1v) is 18.1. The third kappa shape index (κ3) is 6.07. The summed E-state index contributed by atoms with van der Waals surface area (Å²) in [5.41, 5.74) is -0.760. The summed E-state index contributed by atoms with van der Waals surface area (Å²) < 4.78 is 78.2. The molecule has 0 aromatic carbocycles. The second kappa shape index (κ2) is 11.6. The Morgan fingerprint density at radius 3 is 2.64 bits per heavy atom. The molecule has 20 heteroatoms. The minimum absolute atomic E-state index is 0.106. The molecule has 42 heavy (non-hydrogen) atoms. The summed E-state index contributed by atoms with van der Waals surface area (Å²) in [6.07, 6.45) is -1.18. The molecule has 1 saturated carbocycles. The molecular formula is C22H26FN5O10P2S2. The molecule has 1 aliphatic carbocycles. The number of aromatic nitrogens is 5. The van der Waals surface area contributed by atoms with Gasteiger partial charge in [-0.2, -0.15) is 0 Å². The van der Waals surface area contributed by atoms with Gasteiger partial charge in [-0.15, -0.1) is 0 Å². The van der Waals surface area contributed by atoms with E-state index in [1.54, 1.807) is 6.07 Å². The zero-order valence-electron chi connectivity index (χ0n) is 21.8. The first-order valence-electron chi connectivity index (χ1n) is 12.7. The Balaban J connectivity index is 1.29. The van der Waals surface area contributed by atoms with Gasteiger partial charge in [0.1, 0.15) is 36.1 Å². The average Bonchev–Trinajstić information content (AvgIpc) is 3.57. The molecular weight excluding hydrogens is 639 g/mol. The summed E-state index contributed by atoms with van der Waals surface area (Å²) in [7, 11) is 1.41. The maximum atomic E-state index is 14.9. The van der Waals surface area contributed by atoms with E-state index in [1.807, 2.05) is 0 Å². The van der Waals surface area contributed by atoms with E-state index >= 15 is 0 Å². The van der Waals surface area contributed by atoms with Crippen molar-refractivity contribution >= 4 is 49.1 Å². The van der Waals surface area contributed by atoms with Crippen LogP contribution in [0.3, 0.4) is 0 Å².